The van der Waals surface area contributed by atoms with Crippen LogP contribution in [-0.2, 0) is 10.9 Å². The lowest BCUT2D eigenvalue weighted by Gasteiger charge is -2.31. The second kappa shape index (κ2) is 5.56. The van der Waals surface area contributed by atoms with Crippen LogP contribution in [0.2, 0.25) is 0 Å². The van der Waals surface area contributed by atoms with Gasteiger partial charge in [-0.1, -0.05) is 36.4 Å². The van der Waals surface area contributed by atoms with Crippen molar-refractivity contribution >= 4 is 11.4 Å². The quantitative estimate of drug-likeness (QED) is 0.737. The number of alkyl halides is 3. The van der Waals surface area contributed by atoms with E-state index in [1.165, 1.54) is 12.1 Å². The van der Waals surface area contributed by atoms with Crippen molar-refractivity contribution in [2.75, 3.05) is 6.61 Å². The Morgan fingerprint density at radius 1 is 0.960 bits per heavy atom. The number of fused-ring (bicyclic) bond motifs is 1. The van der Waals surface area contributed by atoms with Crippen LogP contribution in [0.5, 0.6) is 0 Å². The first kappa shape index (κ1) is 16.1. The van der Waals surface area contributed by atoms with Gasteiger partial charge in [0.25, 0.3) is 0 Å². The van der Waals surface area contributed by atoms with E-state index in [1.54, 1.807) is 18.2 Å². The number of halogens is 3. The van der Waals surface area contributed by atoms with Crippen LogP contribution in [0.3, 0.4) is 0 Å². The summed E-state index contributed by atoms with van der Waals surface area (Å²) in [4.78, 5) is 12.9. The third-order valence-corrected chi connectivity index (χ3v) is 4.80. The van der Waals surface area contributed by atoms with Crippen LogP contribution >= 0.6 is 0 Å². The van der Waals surface area contributed by atoms with E-state index in [-0.39, 0.29) is 5.78 Å². The number of Topliss-reactive ketones (excluding diaryl/α,β-unsaturated/α-hetero) is 1. The molecular weight excluding hydrogens is 329 g/mol. The van der Waals surface area contributed by atoms with Crippen LogP contribution in [-0.4, -0.2) is 18.0 Å². The van der Waals surface area contributed by atoms with Gasteiger partial charge in [0.1, 0.15) is 5.60 Å². The summed E-state index contributed by atoms with van der Waals surface area (Å²) >= 11 is 0. The van der Waals surface area contributed by atoms with Gasteiger partial charge in [-0.15, -0.1) is 0 Å². The van der Waals surface area contributed by atoms with E-state index >= 15 is 0 Å². The molecule has 0 saturated carbocycles. The SMILES string of the molecule is O=C1c2ccccc2C(c2ccc(C(F)(F)F)cc2)=CC12CCCO2. The summed E-state index contributed by atoms with van der Waals surface area (Å²) in [5.41, 5.74) is 0.986. The van der Waals surface area contributed by atoms with E-state index in [9.17, 15) is 18.0 Å². The van der Waals surface area contributed by atoms with Crippen molar-refractivity contribution in [2.24, 2.45) is 0 Å². The van der Waals surface area contributed by atoms with Gasteiger partial charge >= 0.3 is 6.18 Å². The Labute approximate surface area is 142 Å². The van der Waals surface area contributed by atoms with E-state index in [0.29, 0.717) is 24.2 Å². The maximum atomic E-state index is 12.9. The molecule has 1 atom stereocenters. The fraction of sp³-hybridized carbons (Fsp3) is 0.250. The predicted octanol–water partition coefficient (Wildman–Crippen LogP) is 4.88. The highest BCUT2D eigenvalue weighted by atomic mass is 19.4. The Kier molecular flexibility index (Phi) is 3.58. The molecule has 4 rings (SSSR count). The van der Waals surface area contributed by atoms with Gasteiger partial charge in [0.15, 0.2) is 5.78 Å². The van der Waals surface area contributed by atoms with Gasteiger partial charge in [-0.3, -0.25) is 4.79 Å². The monoisotopic (exact) mass is 344 g/mol. The summed E-state index contributed by atoms with van der Waals surface area (Å²) in [6.07, 6.45) is -1.22. The fourth-order valence-corrected chi connectivity index (χ4v) is 3.55. The Morgan fingerprint density at radius 2 is 1.64 bits per heavy atom. The Balaban J connectivity index is 1.85. The molecule has 2 aromatic carbocycles. The zero-order valence-electron chi connectivity index (χ0n) is 13.3. The van der Waals surface area contributed by atoms with Crippen LogP contribution in [0.25, 0.3) is 5.57 Å². The number of ether oxygens (including phenoxy) is 1. The third-order valence-electron chi connectivity index (χ3n) is 4.80. The summed E-state index contributed by atoms with van der Waals surface area (Å²) < 4.78 is 44.2. The molecule has 1 unspecified atom stereocenters. The van der Waals surface area contributed by atoms with Crippen LogP contribution < -0.4 is 0 Å². The van der Waals surface area contributed by atoms with Gasteiger partial charge in [-0.2, -0.15) is 13.2 Å². The molecular formula is C20H15F3O2. The van der Waals surface area contributed by atoms with Crippen molar-refractivity contribution in [3.05, 3.63) is 76.9 Å². The molecule has 1 spiro atoms. The molecule has 0 amide bonds. The molecule has 0 bridgehead atoms. The summed E-state index contributed by atoms with van der Waals surface area (Å²) in [6, 6.07) is 12.2. The molecule has 5 heteroatoms. The maximum absolute atomic E-state index is 12.9. The van der Waals surface area contributed by atoms with Crippen LogP contribution in [0.1, 0.15) is 39.9 Å². The molecule has 2 nitrogen and oxygen atoms in total. The molecule has 1 saturated heterocycles. The standard InChI is InChI=1S/C20H15F3O2/c21-20(22,23)14-8-6-13(7-9-14)17-12-19(10-3-11-25-19)18(24)16-5-2-1-4-15(16)17/h1-2,4-9,12H,3,10-11H2. The maximum Gasteiger partial charge on any atom is 0.416 e. The van der Waals surface area contributed by atoms with Gasteiger partial charge in [0, 0.05) is 12.2 Å². The summed E-state index contributed by atoms with van der Waals surface area (Å²) in [7, 11) is 0. The van der Waals surface area contributed by atoms with Crippen molar-refractivity contribution in [1.82, 2.24) is 0 Å². The lowest BCUT2D eigenvalue weighted by molar-refractivity contribution is -0.137. The first-order chi connectivity index (χ1) is 11.9. The second-order valence-electron chi connectivity index (χ2n) is 6.35. The molecule has 0 N–H and O–H groups in total. The van der Waals surface area contributed by atoms with E-state index < -0.39 is 17.3 Å². The molecule has 2 aromatic rings. The zero-order chi connectivity index (χ0) is 17.7. The first-order valence-electron chi connectivity index (χ1n) is 8.09. The lowest BCUT2D eigenvalue weighted by atomic mass is 9.77. The minimum atomic E-state index is -4.37. The highest BCUT2D eigenvalue weighted by molar-refractivity contribution is 6.12. The minimum Gasteiger partial charge on any atom is -0.363 e. The van der Waals surface area contributed by atoms with Crippen molar-refractivity contribution in [2.45, 2.75) is 24.6 Å². The number of rotatable bonds is 1. The molecule has 0 radical (unpaired) electrons. The average Bonchev–Trinajstić information content (AvgIpc) is 3.07. The Bertz CT molecular complexity index is 857. The highest BCUT2D eigenvalue weighted by Gasteiger charge is 2.45. The average molecular weight is 344 g/mol. The van der Waals surface area contributed by atoms with Crippen molar-refractivity contribution in [3.8, 4) is 0 Å². The van der Waals surface area contributed by atoms with Crippen molar-refractivity contribution in [1.29, 1.82) is 0 Å². The molecule has 1 aliphatic carbocycles. The summed E-state index contributed by atoms with van der Waals surface area (Å²) in [6.45, 7) is 0.505. The van der Waals surface area contributed by atoms with E-state index in [1.807, 2.05) is 12.1 Å². The number of benzene rings is 2. The largest absolute Gasteiger partial charge is 0.416 e. The predicted molar refractivity (Wildman–Crippen MR) is 87.2 cm³/mol. The van der Waals surface area contributed by atoms with Crippen LogP contribution in [0.15, 0.2) is 54.6 Å². The summed E-state index contributed by atoms with van der Waals surface area (Å²) in [5.74, 6) is -0.0729. The van der Waals surface area contributed by atoms with Gasteiger partial charge < -0.3 is 4.74 Å². The highest BCUT2D eigenvalue weighted by Crippen LogP contribution is 2.42. The van der Waals surface area contributed by atoms with Gasteiger partial charge in [-0.05, 0) is 47.8 Å². The van der Waals surface area contributed by atoms with E-state index in [0.717, 1.165) is 29.7 Å². The van der Waals surface area contributed by atoms with Gasteiger partial charge in [0.2, 0.25) is 0 Å². The fourth-order valence-electron chi connectivity index (χ4n) is 3.55. The topological polar surface area (TPSA) is 26.3 Å². The molecule has 2 aliphatic rings. The molecule has 1 aliphatic heterocycles. The molecule has 0 aromatic heterocycles. The Hall–Kier alpha value is -2.40. The van der Waals surface area contributed by atoms with Crippen LogP contribution in [0, 0.1) is 0 Å². The zero-order valence-corrected chi connectivity index (χ0v) is 13.3. The second-order valence-corrected chi connectivity index (χ2v) is 6.35. The van der Waals surface area contributed by atoms with Crippen molar-refractivity contribution < 1.29 is 22.7 Å². The van der Waals surface area contributed by atoms with Gasteiger partial charge in [0.05, 0.1) is 5.56 Å². The normalized spacial score (nSPS) is 22.8. The molecule has 128 valence electrons. The summed E-state index contributed by atoms with van der Waals surface area (Å²) in [5, 5.41) is 0. The molecule has 1 heterocycles. The number of hydrogen-bond donors (Lipinski definition) is 0. The third kappa shape index (κ3) is 2.59. The smallest absolute Gasteiger partial charge is 0.363 e. The number of carbonyl (C=O) groups excluding carboxylic acids is 1. The Morgan fingerprint density at radius 3 is 2.24 bits per heavy atom. The van der Waals surface area contributed by atoms with E-state index in [4.69, 9.17) is 4.74 Å². The number of hydrogen-bond acceptors (Lipinski definition) is 2. The first-order valence-corrected chi connectivity index (χ1v) is 8.09. The van der Waals surface area contributed by atoms with Crippen molar-refractivity contribution in [3.63, 3.8) is 0 Å². The molecule has 1 fully saturated rings. The number of ketones is 1. The van der Waals surface area contributed by atoms with Crippen LogP contribution in [0.4, 0.5) is 13.2 Å². The van der Waals surface area contributed by atoms with E-state index in [2.05, 4.69) is 0 Å². The number of carbonyl (C=O) groups is 1. The molecule has 25 heavy (non-hydrogen) atoms. The minimum absolute atomic E-state index is 0.0729. The lowest BCUT2D eigenvalue weighted by Crippen LogP contribution is -2.39. The van der Waals surface area contributed by atoms with Gasteiger partial charge in [-0.25, -0.2) is 0 Å².